The van der Waals surface area contributed by atoms with Crippen LogP contribution in [0.5, 0.6) is 0 Å². The highest BCUT2D eigenvalue weighted by molar-refractivity contribution is 5.58. The van der Waals surface area contributed by atoms with Crippen molar-refractivity contribution in [3.63, 3.8) is 0 Å². The third-order valence-electron chi connectivity index (χ3n) is 2.55. The molecule has 0 aromatic rings. The average Bonchev–Trinajstić information content (AvgIpc) is 2.32. The minimum Gasteiger partial charge on any atom is -0.307 e. The summed E-state index contributed by atoms with van der Waals surface area (Å²) in [6.07, 6.45) is 2.03. The molecule has 0 spiro atoms. The van der Waals surface area contributed by atoms with Gasteiger partial charge in [0.05, 0.1) is 6.04 Å². The maximum Gasteiger partial charge on any atom is 0.136 e. The van der Waals surface area contributed by atoms with Gasteiger partial charge in [0, 0.05) is 0 Å². The zero-order chi connectivity index (χ0) is 8.48. The van der Waals surface area contributed by atoms with Gasteiger partial charge in [-0.25, -0.2) is 0 Å². The molecule has 0 saturated carbocycles. The highest BCUT2D eigenvalue weighted by Crippen LogP contribution is 2.31. The van der Waals surface area contributed by atoms with E-state index in [1.54, 1.807) is 0 Å². The Morgan fingerprint density at radius 1 is 1.45 bits per heavy atom. The molecule has 2 unspecified atom stereocenters. The van der Waals surface area contributed by atoms with Gasteiger partial charge in [-0.15, -0.1) is 0 Å². The number of carbonyl (C=O) groups is 1. The molecular formula is C9H17NO. The van der Waals surface area contributed by atoms with Crippen LogP contribution in [0.2, 0.25) is 0 Å². The second-order valence-corrected chi connectivity index (χ2v) is 4.45. The third kappa shape index (κ3) is 2.03. The fraction of sp³-hybridized carbons (Fsp3) is 0.889. The maximum atomic E-state index is 10.4. The molecule has 0 radical (unpaired) electrons. The van der Waals surface area contributed by atoms with Crippen molar-refractivity contribution in [2.24, 2.45) is 11.3 Å². The number of hydrogen-bond acceptors (Lipinski definition) is 2. The van der Waals surface area contributed by atoms with E-state index < -0.39 is 0 Å². The molecule has 2 atom stereocenters. The summed E-state index contributed by atoms with van der Waals surface area (Å²) in [4.78, 5) is 10.4. The van der Waals surface area contributed by atoms with Crippen LogP contribution in [-0.2, 0) is 4.79 Å². The lowest BCUT2D eigenvalue weighted by Crippen LogP contribution is -2.23. The van der Waals surface area contributed by atoms with Gasteiger partial charge in [0.2, 0.25) is 0 Å². The smallest absolute Gasteiger partial charge is 0.136 e. The van der Waals surface area contributed by atoms with Crippen LogP contribution in [0.1, 0.15) is 27.2 Å². The summed E-state index contributed by atoms with van der Waals surface area (Å²) in [6, 6.07) is 0.110. The van der Waals surface area contributed by atoms with E-state index in [1.807, 2.05) is 0 Å². The quantitative estimate of drug-likeness (QED) is 0.577. The lowest BCUT2D eigenvalue weighted by Gasteiger charge is -2.25. The minimum absolute atomic E-state index is 0.110. The number of rotatable bonds is 1. The number of carbonyl (C=O) groups excluding carboxylic acids is 1. The fourth-order valence-electron chi connectivity index (χ4n) is 1.53. The summed E-state index contributed by atoms with van der Waals surface area (Å²) in [5.41, 5.74) is 0.338. The molecule has 2 nitrogen and oxygen atoms in total. The molecule has 1 rings (SSSR count). The van der Waals surface area contributed by atoms with Gasteiger partial charge in [0.1, 0.15) is 6.29 Å². The van der Waals surface area contributed by atoms with E-state index in [9.17, 15) is 4.79 Å². The zero-order valence-corrected chi connectivity index (χ0v) is 7.55. The zero-order valence-electron chi connectivity index (χ0n) is 7.55. The molecule has 1 N–H and O–H groups in total. The fourth-order valence-corrected chi connectivity index (χ4v) is 1.53. The number of nitrogens with one attached hydrogen (secondary N) is 1. The van der Waals surface area contributed by atoms with E-state index in [-0.39, 0.29) is 6.04 Å². The van der Waals surface area contributed by atoms with Gasteiger partial charge in [-0.2, -0.15) is 0 Å². The van der Waals surface area contributed by atoms with Crippen LogP contribution in [0.4, 0.5) is 0 Å². The Labute approximate surface area is 68.4 Å². The Morgan fingerprint density at radius 2 is 2.09 bits per heavy atom. The minimum atomic E-state index is 0.110. The van der Waals surface area contributed by atoms with Crippen molar-refractivity contribution >= 4 is 6.29 Å². The third-order valence-corrected chi connectivity index (χ3v) is 2.55. The molecule has 1 aliphatic rings. The summed E-state index contributed by atoms with van der Waals surface area (Å²) >= 11 is 0. The first kappa shape index (κ1) is 8.72. The van der Waals surface area contributed by atoms with Crippen molar-refractivity contribution in [1.82, 2.24) is 5.32 Å². The number of hydrogen-bond donors (Lipinski definition) is 1. The standard InChI is InChI=1S/C9H17NO/c1-9(2,3)7-4-8(6-11)10-5-7/h6-8,10H,4-5H2,1-3H3. The molecule has 0 aliphatic carbocycles. The second kappa shape index (κ2) is 2.94. The highest BCUT2D eigenvalue weighted by atomic mass is 16.1. The summed E-state index contributed by atoms with van der Waals surface area (Å²) in [7, 11) is 0. The Hall–Kier alpha value is -0.370. The van der Waals surface area contributed by atoms with E-state index in [0.717, 1.165) is 19.3 Å². The molecule has 0 amide bonds. The largest absolute Gasteiger partial charge is 0.307 e. The second-order valence-electron chi connectivity index (χ2n) is 4.45. The van der Waals surface area contributed by atoms with Crippen molar-refractivity contribution in [3.8, 4) is 0 Å². The van der Waals surface area contributed by atoms with Crippen LogP contribution >= 0.6 is 0 Å². The first-order valence-electron chi connectivity index (χ1n) is 4.22. The van der Waals surface area contributed by atoms with E-state index in [2.05, 4.69) is 26.1 Å². The van der Waals surface area contributed by atoms with Crippen LogP contribution in [0.3, 0.4) is 0 Å². The van der Waals surface area contributed by atoms with Gasteiger partial charge >= 0.3 is 0 Å². The molecule has 11 heavy (non-hydrogen) atoms. The van der Waals surface area contributed by atoms with Crippen molar-refractivity contribution in [2.45, 2.75) is 33.2 Å². The van der Waals surface area contributed by atoms with Crippen molar-refractivity contribution in [2.75, 3.05) is 6.54 Å². The normalized spacial score (nSPS) is 32.3. The van der Waals surface area contributed by atoms with Gasteiger partial charge in [-0.1, -0.05) is 20.8 Å². The van der Waals surface area contributed by atoms with Crippen molar-refractivity contribution in [3.05, 3.63) is 0 Å². The van der Waals surface area contributed by atoms with Gasteiger partial charge < -0.3 is 10.1 Å². The summed E-state index contributed by atoms with van der Waals surface area (Å²) in [6.45, 7) is 7.68. The molecule has 1 aliphatic heterocycles. The van der Waals surface area contributed by atoms with Crippen LogP contribution in [-0.4, -0.2) is 18.9 Å². The Balaban J connectivity index is 2.48. The lowest BCUT2D eigenvalue weighted by atomic mass is 9.79. The Morgan fingerprint density at radius 3 is 2.36 bits per heavy atom. The molecular weight excluding hydrogens is 138 g/mol. The molecule has 64 valence electrons. The molecule has 1 heterocycles. The van der Waals surface area contributed by atoms with Crippen molar-refractivity contribution in [1.29, 1.82) is 0 Å². The van der Waals surface area contributed by atoms with Crippen molar-refractivity contribution < 1.29 is 4.79 Å². The van der Waals surface area contributed by atoms with Gasteiger partial charge in [0.15, 0.2) is 0 Å². The molecule has 0 bridgehead atoms. The van der Waals surface area contributed by atoms with Crippen LogP contribution in [0, 0.1) is 11.3 Å². The molecule has 0 aromatic carbocycles. The molecule has 1 fully saturated rings. The monoisotopic (exact) mass is 155 g/mol. The van der Waals surface area contributed by atoms with Crippen LogP contribution in [0.25, 0.3) is 0 Å². The summed E-state index contributed by atoms with van der Waals surface area (Å²) in [5, 5.41) is 3.19. The van der Waals surface area contributed by atoms with E-state index in [4.69, 9.17) is 0 Å². The van der Waals surface area contributed by atoms with Crippen LogP contribution in [0.15, 0.2) is 0 Å². The van der Waals surface area contributed by atoms with E-state index in [0.29, 0.717) is 11.3 Å². The van der Waals surface area contributed by atoms with Gasteiger partial charge in [0.25, 0.3) is 0 Å². The Bertz CT molecular complexity index is 148. The summed E-state index contributed by atoms with van der Waals surface area (Å²) < 4.78 is 0. The SMILES string of the molecule is CC(C)(C)C1CNC(C=O)C1. The summed E-state index contributed by atoms with van der Waals surface area (Å²) in [5.74, 6) is 0.651. The molecule has 0 aromatic heterocycles. The first-order valence-corrected chi connectivity index (χ1v) is 4.22. The predicted molar refractivity (Wildman–Crippen MR) is 45.4 cm³/mol. The van der Waals surface area contributed by atoms with Gasteiger partial charge in [-0.05, 0) is 24.3 Å². The van der Waals surface area contributed by atoms with E-state index in [1.165, 1.54) is 0 Å². The predicted octanol–water partition coefficient (Wildman–Crippen LogP) is 1.21. The molecule has 2 heteroatoms. The van der Waals surface area contributed by atoms with Gasteiger partial charge in [-0.3, -0.25) is 0 Å². The first-order chi connectivity index (χ1) is 5.04. The highest BCUT2D eigenvalue weighted by Gasteiger charge is 2.32. The molecule has 1 saturated heterocycles. The average molecular weight is 155 g/mol. The lowest BCUT2D eigenvalue weighted by molar-refractivity contribution is -0.109. The number of aldehydes is 1. The Kier molecular flexibility index (Phi) is 2.33. The van der Waals surface area contributed by atoms with E-state index >= 15 is 0 Å². The van der Waals surface area contributed by atoms with Crippen LogP contribution < -0.4 is 5.32 Å². The topological polar surface area (TPSA) is 29.1 Å². The maximum absolute atomic E-state index is 10.4.